The van der Waals surface area contributed by atoms with E-state index >= 15 is 0 Å². The zero-order valence-electron chi connectivity index (χ0n) is 13.0. The van der Waals surface area contributed by atoms with Crippen LogP contribution in [0.25, 0.3) is 0 Å². The summed E-state index contributed by atoms with van der Waals surface area (Å²) in [6, 6.07) is 7.83. The van der Waals surface area contributed by atoms with Crippen LogP contribution in [0, 0.1) is 17.8 Å². The van der Waals surface area contributed by atoms with Crippen molar-refractivity contribution in [1.29, 1.82) is 0 Å². The van der Waals surface area contributed by atoms with Gasteiger partial charge in [0.05, 0.1) is 12.0 Å². The molecule has 1 aromatic rings. The molecule has 3 aliphatic carbocycles. The molecule has 7 heteroatoms. The molecule has 3 aliphatic rings. The highest BCUT2D eigenvalue weighted by Crippen LogP contribution is 2.53. The first-order valence-electron chi connectivity index (χ1n) is 7.96. The van der Waals surface area contributed by atoms with Gasteiger partial charge in [0.25, 0.3) is 5.92 Å². The number of carbonyl (C=O) groups is 2. The molecule has 0 aromatic heterocycles. The van der Waals surface area contributed by atoms with Crippen LogP contribution in [0.3, 0.4) is 0 Å². The normalized spacial score (nSPS) is 30.6. The van der Waals surface area contributed by atoms with Crippen molar-refractivity contribution in [3.63, 3.8) is 0 Å². The number of aliphatic carboxylic acids is 1. The van der Waals surface area contributed by atoms with Crippen LogP contribution in [0.1, 0.15) is 24.8 Å². The molecule has 4 rings (SSSR count). The van der Waals surface area contributed by atoms with E-state index in [-0.39, 0.29) is 13.0 Å². The molecule has 1 amide bonds. The number of amides is 1. The zero-order chi connectivity index (χ0) is 17.3. The third-order valence-electron chi connectivity index (χ3n) is 5.04. The average molecular weight is 339 g/mol. The maximum absolute atomic E-state index is 14.1. The van der Waals surface area contributed by atoms with Crippen LogP contribution >= 0.6 is 0 Å². The van der Waals surface area contributed by atoms with E-state index in [4.69, 9.17) is 4.74 Å². The fraction of sp³-hybridized carbons (Fsp3) is 0.529. The van der Waals surface area contributed by atoms with Crippen LogP contribution in [-0.2, 0) is 16.1 Å². The fourth-order valence-corrected chi connectivity index (χ4v) is 3.95. The van der Waals surface area contributed by atoms with E-state index in [0.29, 0.717) is 6.42 Å². The lowest BCUT2D eigenvalue weighted by Gasteiger charge is -2.50. The molecular formula is C17H19F2NO4. The average Bonchev–Trinajstić information content (AvgIpc) is 2.53. The van der Waals surface area contributed by atoms with Gasteiger partial charge in [-0.25, -0.2) is 13.6 Å². The minimum atomic E-state index is -2.95. The Morgan fingerprint density at radius 3 is 2.58 bits per heavy atom. The summed E-state index contributed by atoms with van der Waals surface area (Å²) in [5.74, 6) is -6.87. The van der Waals surface area contributed by atoms with Gasteiger partial charge < -0.3 is 15.2 Å². The van der Waals surface area contributed by atoms with Gasteiger partial charge in [0.15, 0.2) is 0 Å². The Kier molecular flexibility index (Phi) is 4.43. The van der Waals surface area contributed by atoms with Gasteiger partial charge in [0.2, 0.25) is 0 Å². The molecule has 3 fully saturated rings. The van der Waals surface area contributed by atoms with Gasteiger partial charge >= 0.3 is 12.1 Å². The lowest BCUT2D eigenvalue weighted by atomic mass is 9.60. The lowest BCUT2D eigenvalue weighted by molar-refractivity contribution is -0.180. The number of carboxylic acid groups (broad SMARTS) is 1. The zero-order valence-corrected chi connectivity index (χ0v) is 13.0. The number of rotatable bonds is 4. The van der Waals surface area contributed by atoms with Crippen molar-refractivity contribution in [3.05, 3.63) is 35.9 Å². The third kappa shape index (κ3) is 3.20. The van der Waals surface area contributed by atoms with Gasteiger partial charge in [-0.3, -0.25) is 4.79 Å². The number of nitrogens with one attached hydrogen (secondary N) is 1. The minimum absolute atomic E-state index is 0.00161. The monoisotopic (exact) mass is 339 g/mol. The summed E-state index contributed by atoms with van der Waals surface area (Å²) in [6.07, 6.45) is -0.621. The largest absolute Gasteiger partial charge is 0.481 e. The van der Waals surface area contributed by atoms with E-state index in [1.807, 2.05) is 6.07 Å². The molecule has 24 heavy (non-hydrogen) atoms. The summed E-state index contributed by atoms with van der Waals surface area (Å²) in [5.41, 5.74) is 0.762. The Balaban J connectivity index is 1.67. The van der Waals surface area contributed by atoms with Crippen LogP contribution in [-0.4, -0.2) is 29.1 Å². The Morgan fingerprint density at radius 2 is 1.96 bits per heavy atom. The predicted octanol–water partition coefficient (Wildman–Crippen LogP) is 3.05. The molecule has 0 aliphatic heterocycles. The van der Waals surface area contributed by atoms with Gasteiger partial charge in [-0.2, -0.15) is 0 Å². The van der Waals surface area contributed by atoms with Gasteiger partial charge in [0.1, 0.15) is 6.61 Å². The molecule has 2 N–H and O–H groups in total. The maximum Gasteiger partial charge on any atom is 0.407 e. The quantitative estimate of drug-likeness (QED) is 0.884. The predicted molar refractivity (Wildman–Crippen MR) is 80.5 cm³/mol. The van der Waals surface area contributed by atoms with Crippen molar-refractivity contribution in [1.82, 2.24) is 5.32 Å². The Morgan fingerprint density at radius 1 is 1.25 bits per heavy atom. The molecule has 4 atom stereocenters. The van der Waals surface area contributed by atoms with E-state index in [1.165, 1.54) is 0 Å². The van der Waals surface area contributed by atoms with Gasteiger partial charge in [0, 0.05) is 12.3 Å². The molecule has 0 spiro atoms. The summed E-state index contributed by atoms with van der Waals surface area (Å²) in [4.78, 5) is 23.5. The molecule has 0 heterocycles. The molecule has 0 unspecified atom stereocenters. The van der Waals surface area contributed by atoms with Crippen LogP contribution in [0.4, 0.5) is 13.6 Å². The van der Waals surface area contributed by atoms with Crippen molar-refractivity contribution < 1.29 is 28.2 Å². The van der Waals surface area contributed by atoms with Gasteiger partial charge in [-0.1, -0.05) is 30.3 Å². The standard InChI is InChI=1S/C17H19F2NO4/c18-17(19)8-11-6-7-12(17)14(13(11)15(21)22)20-16(23)24-9-10-4-2-1-3-5-10/h1-5,11-14H,6-9H2,(H,20,23)(H,21,22)/t11-,12-,13-,14-/m0/s1. The van der Waals surface area contributed by atoms with Crippen molar-refractivity contribution in [3.8, 4) is 0 Å². The fourth-order valence-electron chi connectivity index (χ4n) is 3.95. The molecule has 130 valence electrons. The number of hydrogen-bond donors (Lipinski definition) is 2. The number of ether oxygens (including phenoxy) is 1. The maximum atomic E-state index is 14.1. The van der Waals surface area contributed by atoms with Crippen LogP contribution < -0.4 is 5.32 Å². The second-order valence-corrected chi connectivity index (χ2v) is 6.50. The first-order valence-corrected chi connectivity index (χ1v) is 7.96. The Labute approximate surface area is 138 Å². The highest BCUT2D eigenvalue weighted by Gasteiger charge is 2.60. The number of hydrogen-bond acceptors (Lipinski definition) is 3. The summed E-state index contributed by atoms with van der Waals surface area (Å²) < 4.78 is 33.3. The highest BCUT2D eigenvalue weighted by molar-refractivity contribution is 5.74. The molecule has 1 aromatic carbocycles. The molecule has 3 saturated carbocycles. The summed E-state index contributed by atoms with van der Waals surface area (Å²) >= 11 is 0. The van der Waals surface area contributed by atoms with E-state index in [1.54, 1.807) is 24.3 Å². The number of alkyl carbamates (subject to hydrolysis) is 1. The Hall–Kier alpha value is -2.18. The van der Waals surface area contributed by atoms with Crippen LogP contribution in [0.15, 0.2) is 30.3 Å². The smallest absolute Gasteiger partial charge is 0.407 e. The Bertz CT molecular complexity index is 622. The third-order valence-corrected chi connectivity index (χ3v) is 5.04. The molecule has 2 bridgehead atoms. The number of fused-ring (bicyclic) bond motifs is 3. The number of alkyl halides is 2. The molecule has 5 nitrogen and oxygen atoms in total. The van der Waals surface area contributed by atoms with E-state index in [0.717, 1.165) is 5.56 Å². The van der Waals surface area contributed by atoms with E-state index in [2.05, 4.69) is 5.32 Å². The summed E-state index contributed by atoms with van der Waals surface area (Å²) in [5, 5.41) is 11.8. The molecule has 0 saturated heterocycles. The summed E-state index contributed by atoms with van der Waals surface area (Å²) in [6.45, 7) is 0.00161. The SMILES string of the molecule is O=C(N[C@@H]1[C@@H](C(=O)O)[C@H]2CC[C@@H]1C(F)(F)C2)OCc1ccccc1. The van der Waals surface area contributed by atoms with Crippen molar-refractivity contribution in [2.24, 2.45) is 17.8 Å². The van der Waals surface area contributed by atoms with E-state index < -0.39 is 48.2 Å². The van der Waals surface area contributed by atoms with E-state index in [9.17, 15) is 23.5 Å². The van der Waals surface area contributed by atoms with Gasteiger partial charge in [-0.05, 0) is 24.3 Å². The first kappa shape index (κ1) is 16.7. The molecule has 0 radical (unpaired) electrons. The van der Waals surface area contributed by atoms with Crippen molar-refractivity contribution >= 4 is 12.1 Å². The second-order valence-electron chi connectivity index (χ2n) is 6.50. The minimum Gasteiger partial charge on any atom is -0.481 e. The highest BCUT2D eigenvalue weighted by atomic mass is 19.3. The van der Waals surface area contributed by atoms with Gasteiger partial charge in [-0.15, -0.1) is 0 Å². The van der Waals surface area contributed by atoms with Crippen LogP contribution in [0.2, 0.25) is 0 Å². The lowest BCUT2D eigenvalue weighted by Crippen LogP contribution is -2.62. The number of carboxylic acids is 1. The van der Waals surface area contributed by atoms with Crippen LogP contribution in [0.5, 0.6) is 0 Å². The number of halogens is 2. The second kappa shape index (κ2) is 6.37. The summed E-state index contributed by atoms with van der Waals surface area (Å²) in [7, 11) is 0. The van der Waals surface area contributed by atoms with Crippen molar-refractivity contribution in [2.45, 2.75) is 37.8 Å². The molecular weight excluding hydrogens is 320 g/mol. The number of carbonyl (C=O) groups excluding carboxylic acids is 1. The topological polar surface area (TPSA) is 75.6 Å². The number of benzene rings is 1. The van der Waals surface area contributed by atoms with Crippen molar-refractivity contribution in [2.75, 3.05) is 0 Å². The first-order chi connectivity index (χ1) is 11.4.